The van der Waals surface area contributed by atoms with Crippen molar-refractivity contribution in [3.8, 4) is 11.3 Å². The fourth-order valence-electron chi connectivity index (χ4n) is 2.16. The van der Waals surface area contributed by atoms with Gasteiger partial charge in [0.05, 0.1) is 12.1 Å². The molecule has 0 aliphatic heterocycles. The van der Waals surface area contributed by atoms with Crippen LogP contribution < -0.4 is 10.9 Å². The van der Waals surface area contributed by atoms with Gasteiger partial charge in [0, 0.05) is 29.2 Å². The highest BCUT2D eigenvalue weighted by Gasteiger charge is 2.06. The maximum Gasteiger partial charge on any atom is 0.266 e. The number of amides is 1. The Morgan fingerprint density at radius 3 is 2.61 bits per heavy atom. The molecule has 0 saturated heterocycles. The van der Waals surface area contributed by atoms with Crippen LogP contribution in [0.15, 0.2) is 58.7 Å². The van der Waals surface area contributed by atoms with Crippen LogP contribution >= 0.6 is 11.3 Å². The molecule has 0 aliphatic rings. The molecule has 0 bridgehead atoms. The molecule has 1 aromatic carbocycles. The third-order valence-corrected chi connectivity index (χ3v) is 4.22. The molecule has 2 heterocycles. The molecule has 116 valence electrons. The number of anilines is 1. The molecule has 0 aliphatic carbocycles. The molecule has 5 nitrogen and oxygen atoms in total. The lowest BCUT2D eigenvalue weighted by Crippen LogP contribution is -2.18. The predicted octanol–water partition coefficient (Wildman–Crippen LogP) is 2.69. The monoisotopic (exact) mass is 325 g/mol. The van der Waals surface area contributed by atoms with Gasteiger partial charge in [-0.15, -0.1) is 11.3 Å². The van der Waals surface area contributed by atoms with Gasteiger partial charge in [-0.1, -0.05) is 18.2 Å². The Bertz CT molecular complexity index is 868. The van der Waals surface area contributed by atoms with Crippen LogP contribution in [0.5, 0.6) is 0 Å². The zero-order valence-corrected chi connectivity index (χ0v) is 13.3. The van der Waals surface area contributed by atoms with Gasteiger partial charge >= 0.3 is 0 Å². The fourth-order valence-corrected chi connectivity index (χ4v) is 2.86. The first kappa shape index (κ1) is 15.2. The highest BCUT2D eigenvalue weighted by atomic mass is 32.1. The summed E-state index contributed by atoms with van der Waals surface area (Å²) in [5, 5.41) is 9.03. The highest BCUT2D eigenvalue weighted by Crippen LogP contribution is 2.19. The van der Waals surface area contributed by atoms with Crippen LogP contribution in [0.1, 0.15) is 4.88 Å². The van der Waals surface area contributed by atoms with Crippen molar-refractivity contribution in [3.63, 3.8) is 0 Å². The molecular formula is C17H15N3O2S. The van der Waals surface area contributed by atoms with Crippen molar-refractivity contribution in [3.05, 3.63) is 69.1 Å². The predicted molar refractivity (Wildman–Crippen MR) is 91.6 cm³/mol. The molecule has 0 fully saturated rings. The molecule has 1 amide bonds. The maximum atomic E-state index is 12.0. The Hall–Kier alpha value is -2.73. The fraction of sp³-hybridized carbons (Fsp3) is 0.118. The number of benzene rings is 1. The summed E-state index contributed by atoms with van der Waals surface area (Å²) < 4.78 is 1.30. The van der Waals surface area contributed by atoms with Gasteiger partial charge in [0.25, 0.3) is 5.56 Å². The highest BCUT2D eigenvalue weighted by molar-refractivity contribution is 7.10. The minimum atomic E-state index is -0.147. The Morgan fingerprint density at radius 1 is 1.17 bits per heavy atom. The number of aryl methyl sites for hydroxylation is 1. The van der Waals surface area contributed by atoms with E-state index >= 15 is 0 Å². The van der Waals surface area contributed by atoms with Gasteiger partial charge in [-0.3, -0.25) is 9.59 Å². The average molecular weight is 325 g/mol. The van der Waals surface area contributed by atoms with Crippen LogP contribution in [0.4, 0.5) is 5.69 Å². The molecule has 0 radical (unpaired) electrons. The number of nitrogens with one attached hydrogen (secondary N) is 1. The first-order chi connectivity index (χ1) is 11.1. The van der Waals surface area contributed by atoms with Crippen LogP contribution in [0.2, 0.25) is 0 Å². The number of rotatable bonds is 4. The Kier molecular flexibility index (Phi) is 4.34. The Balaban J connectivity index is 1.70. The van der Waals surface area contributed by atoms with Crippen molar-refractivity contribution >= 4 is 22.9 Å². The number of aromatic nitrogens is 2. The van der Waals surface area contributed by atoms with E-state index in [9.17, 15) is 9.59 Å². The first-order valence-electron chi connectivity index (χ1n) is 7.09. The summed E-state index contributed by atoms with van der Waals surface area (Å²) in [5.41, 5.74) is 2.19. The number of hydrogen-bond acceptors (Lipinski definition) is 4. The number of carbonyl (C=O) groups is 1. The standard InChI is InChI=1S/C17H15N3O2S/c1-20-17(22)9-8-15(19-20)12-4-6-13(7-5-12)18-16(21)11-14-3-2-10-23-14/h2-10H,11H2,1H3,(H,18,21). The summed E-state index contributed by atoms with van der Waals surface area (Å²) in [6.07, 6.45) is 0.377. The molecule has 2 aromatic heterocycles. The van der Waals surface area contributed by atoms with Crippen molar-refractivity contribution < 1.29 is 4.79 Å². The SMILES string of the molecule is Cn1nc(-c2ccc(NC(=O)Cc3cccs3)cc2)ccc1=O. The lowest BCUT2D eigenvalue weighted by atomic mass is 10.1. The molecule has 0 spiro atoms. The summed E-state index contributed by atoms with van der Waals surface area (Å²) in [6, 6.07) is 14.4. The average Bonchev–Trinajstić information content (AvgIpc) is 3.03. The first-order valence-corrected chi connectivity index (χ1v) is 7.97. The summed E-state index contributed by atoms with van der Waals surface area (Å²) in [5.74, 6) is -0.0413. The smallest absolute Gasteiger partial charge is 0.266 e. The lowest BCUT2D eigenvalue weighted by Gasteiger charge is -2.06. The van der Waals surface area contributed by atoms with E-state index in [1.807, 2.05) is 41.8 Å². The van der Waals surface area contributed by atoms with E-state index < -0.39 is 0 Å². The number of hydrogen-bond donors (Lipinski definition) is 1. The second-order valence-electron chi connectivity index (χ2n) is 5.06. The number of nitrogens with zero attached hydrogens (tertiary/aromatic N) is 2. The van der Waals surface area contributed by atoms with Gasteiger partial charge in [0.2, 0.25) is 5.91 Å². The third-order valence-electron chi connectivity index (χ3n) is 3.34. The minimum Gasteiger partial charge on any atom is -0.326 e. The van der Waals surface area contributed by atoms with Crippen molar-refractivity contribution in [2.75, 3.05) is 5.32 Å². The molecular weight excluding hydrogens is 310 g/mol. The van der Waals surface area contributed by atoms with E-state index in [2.05, 4.69) is 10.4 Å². The molecule has 0 atom stereocenters. The second-order valence-corrected chi connectivity index (χ2v) is 6.09. The van der Waals surface area contributed by atoms with E-state index in [1.165, 1.54) is 10.7 Å². The van der Waals surface area contributed by atoms with Crippen LogP contribution in [0.25, 0.3) is 11.3 Å². The summed E-state index contributed by atoms with van der Waals surface area (Å²) in [4.78, 5) is 24.4. The van der Waals surface area contributed by atoms with Crippen LogP contribution in [0.3, 0.4) is 0 Å². The summed E-state index contributed by atoms with van der Waals surface area (Å²) >= 11 is 1.57. The molecule has 23 heavy (non-hydrogen) atoms. The topological polar surface area (TPSA) is 64.0 Å². The maximum absolute atomic E-state index is 12.0. The van der Waals surface area contributed by atoms with Gasteiger partial charge in [0.1, 0.15) is 0 Å². The molecule has 0 unspecified atom stereocenters. The number of thiophene rings is 1. The van der Waals surface area contributed by atoms with E-state index in [4.69, 9.17) is 0 Å². The quantitative estimate of drug-likeness (QED) is 0.802. The third kappa shape index (κ3) is 3.73. The van der Waals surface area contributed by atoms with Gasteiger partial charge in [-0.2, -0.15) is 5.10 Å². The van der Waals surface area contributed by atoms with Gasteiger partial charge in [-0.25, -0.2) is 4.68 Å². The van der Waals surface area contributed by atoms with Crippen molar-refractivity contribution in [1.29, 1.82) is 0 Å². The van der Waals surface area contributed by atoms with Crippen molar-refractivity contribution in [2.45, 2.75) is 6.42 Å². The van der Waals surface area contributed by atoms with Crippen molar-refractivity contribution in [1.82, 2.24) is 9.78 Å². The number of carbonyl (C=O) groups excluding carboxylic acids is 1. The van der Waals surface area contributed by atoms with Gasteiger partial charge in [-0.05, 0) is 29.6 Å². The molecule has 3 rings (SSSR count). The Labute approximate surface area is 137 Å². The Morgan fingerprint density at radius 2 is 1.96 bits per heavy atom. The largest absolute Gasteiger partial charge is 0.326 e. The summed E-state index contributed by atoms with van der Waals surface area (Å²) in [6.45, 7) is 0. The van der Waals surface area contributed by atoms with E-state index in [1.54, 1.807) is 24.5 Å². The second kappa shape index (κ2) is 6.58. The van der Waals surface area contributed by atoms with Crippen LogP contribution in [-0.4, -0.2) is 15.7 Å². The molecule has 6 heteroatoms. The van der Waals surface area contributed by atoms with E-state index in [0.29, 0.717) is 12.1 Å². The van der Waals surface area contributed by atoms with Crippen molar-refractivity contribution in [2.24, 2.45) is 7.05 Å². The molecule has 1 N–H and O–H groups in total. The van der Waals surface area contributed by atoms with E-state index in [-0.39, 0.29) is 11.5 Å². The van der Waals surface area contributed by atoms with Gasteiger partial charge in [0.15, 0.2) is 0 Å². The molecule has 0 saturated carbocycles. The normalized spacial score (nSPS) is 10.5. The minimum absolute atomic E-state index is 0.0413. The van der Waals surface area contributed by atoms with E-state index in [0.717, 1.165) is 16.1 Å². The van der Waals surface area contributed by atoms with Crippen LogP contribution in [0, 0.1) is 0 Å². The zero-order chi connectivity index (χ0) is 16.2. The zero-order valence-electron chi connectivity index (χ0n) is 12.5. The van der Waals surface area contributed by atoms with Crippen LogP contribution in [-0.2, 0) is 18.3 Å². The summed E-state index contributed by atoms with van der Waals surface area (Å²) in [7, 11) is 1.62. The molecule has 3 aromatic rings. The van der Waals surface area contributed by atoms with Gasteiger partial charge < -0.3 is 5.32 Å². The lowest BCUT2D eigenvalue weighted by molar-refractivity contribution is -0.115.